The number of hydrogen-bond donors (Lipinski definition) is 1. The molecule has 1 aromatic rings. The maximum absolute atomic E-state index is 5.84. The summed E-state index contributed by atoms with van der Waals surface area (Å²) in [6, 6.07) is 4.04. The van der Waals surface area contributed by atoms with Crippen molar-refractivity contribution >= 4 is 22.9 Å². The van der Waals surface area contributed by atoms with Crippen LogP contribution < -0.4 is 5.32 Å². The van der Waals surface area contributed by atoms with Crippen molar-refractivity contribution in [3.05, 3.63) is 21.3 Å². The van der Waals surface area contributed by atoms with Gasteiger partial charge in [0.1, 0.15) is 0 Å². The lowest BCUT2D eigenvalue weighted by Crippen LogP contribution is -2.22. The molecule has 0 radical (unpaired) electrons. The highest BCUT2D eigenvalue weighted by molar-refractivity contribution is 7.16. The molecule has 86 valence electrons. The maximum Gasteiger partial charge on any atom is 0.0931 e. The van der Waals surface area contributed by atoms with E-state index in [-0.39, 0.29) is 0 Å². The van der Waals surface area contributed by atoms with Gasteiger partial charge in [0, 0.05) is 24.6 Å². The summed E-state index contributed by atoms with van der Waals surface area (Å²) in [6.45, 7) is 5.71. The van der Waals surface area contributed by atoms with E-state index >= 15 is 0 Å². The molecule has 0 saturated carbocycles. The van der Waals surface area contributed by atoms with Crippen LogP contribution in [-0.4, -0.2) is 26.3 Å². The van der Waals surface area contributed by atoms with E-state index in [1.54, 1.807) is 11.3 Å². The van der Waals surface area contributed by atoms with E-state index in [4.69, 9.17) is 16.3 Å². The third kappa shape index (κ3) is 6.15. The van der Waals surface area contributed by atoms with E-state index in [2.05, 4.69) is 18.3 Å². The van der Waals surface area contributed by atoms with Crippen molar-refractivity contribution in [1.29, 1.82) is 0 Å². The van der Waals surface area contributed by atoms with Crippen LogP contribution in [0.2, 0.25) is 4.34 Å². The third-order valence-electron chi connectivity index (χ3n) is 1.95. The molecule has 4 heteroatoms. The molecule has 0 unspecified atom stereocenters. The van der Waals surface area contributed by atoms with Gasteiger partial charge in [0.25, 0.3) is 0 Å². The molecule has 1 rings (SSSR count). The SMILES string of the molecule is CCCOCCNCCc1ccc(Cl)s1. The fraction of sp³-hybridized carbons (Fsp3) is 0.636. The molecule has 1 heterocycles. The molecule has 0 fully saturated rings. The van der Waals surface area contributed by atoms with Gasteiger partial charge in [0.15, 0.2) is 0 Å². The van der Waals surface area contributed by atoms with E-state index in [0.29, 0.717) is 0 Å². The zero-order valence-electron chi connectivity index (χ0n) is 9.09. The zero-order valence-corrected chi connectivity index (χ0v) is 10.7. The lowest BCUT2D eigenvalue weighted by Gasteiger charge is -2.04. The first-order valence-electron chi connectivity index (χ1n) is 5.35. The average Bonchev–Trinajstić information content (AvgIpc) is 2.63. The third-order valence-corrected chi connectivity index (χ3v) is 3.24. The monoisotopic (exact) mass is 247 g/mol. The summed E-state index contributed by atoms with van der Waals surface area (Å²) in [7, 11) is 0. The van der Waals surface area contributed by atoms with Crippen molar-refractivity contribution in [2.75, 3.05) is 26.3 Å². The molecular formula is C11H18ClNOS. The van der Waals surface area contributed by atoms with E-state index in [1.807, 2.05) is 6.07 Å². The largest absolute Gasteiger partial charge is 0.380 e. The number of thiophene rings is 1. The van der Waals surface area contributed by atoms with Crippen molar-refractivity contribution in [2.45, 2.75) is 19.8 Å². The minimum Gasteiger partial charge on any atom is -0.380 e. The summed E-state index contributed by atoms with van der Waals surface area (Å²) in [5, 5.41) is 3.34. The minimum absolute atomic E-state index is 0.805. The van der Waals surface area contributed by atoms with Crippen LogP contribution in [0.3, 0.4) is 0 Å². The van der Waals surface area contributed by atoms with Gasteiger partial charge < -0.3 is 10.1 Å². The Balaban J connectivity index is 1.93. The van der Waals surface area contributed by atoms with Gasteiger partial charge in [-0.2, -0.15) is 0 Å². The number of halogens is 1. The molecule has 0 aliphatic rings. The van der Waals surface area contributed by atoms with Crippen LogP contribution in [0.5, 0.6) is 0 Å². The summed E-state index contributed by atoms with van der Waals surface area (Å²) in [5.74, 6) is 0. The van der Waals surface area contributed by atoms with Gasteiger partial charge >= 0.3 is 0 Å². The molecule has 0 aliphatic heterocycles. The fourth-order valence-electron chi connectivity index (χ4n) is 1.21. The second-order valence-electron chi connectivity index (χ2n) is 3.32. The van der Waals surface area contributed by atoms with Crippen LogP contribution in [-0.2, 0) is 11.2 Å². The number of ether oxygens (including phenoxy) is 1. The number of hydrogen-bond acceptors (Lipinski definition) is 3. The predicted molar refractivity (Wildman–Crippen MR) is 67.0 cm³/mol. The summed E-state index contributed by atoms with van der Waals surface area (Å²) in [5.41, 5.74) is 0. The fourth-order valence-corrected chi connectivity index (χ4v) is 2.30. The van der Waals surface area contributed by atoms with Gasteiger partial charge in [-0.3, -0.25) is 0 Å². The highest BCUT2D eigenvalue weighted by Gasteiger charge is 1.96. The van der Waals surface area contributed by atoms with Crippen molar-refractivity contribution in [3.8, 4) is 0 Å². The molecule has 0 atom stereocenters. The lowest BCUT2D eigenvalue weighted by molar-refractivity contribution is 0.137. The van der Waals surface area contributed by atoms with E-state index < -0.39 is 0 Å². The molecule has 1 N–H and O–H groups in total. The standard InChI is InChI=1S/C11H18ClNOS/c1-2-8-14-9-7-13-6-5-10-3-4-11(12)15-10/h3-4,13H,2,5-9H2,1H3. The highest BCUT2D eigenvalue weighted by Crippen LogP contribution is 2.21. The topological polar surface area (TPSA) is 21.3 Å². The highest BCUT2D eigenvalue weighted by atomic mass is 35.5. The smallest absolute Gasteiger partial charge is 0.0931 e. The van der Waals surface area contributed by atoms with Gasteiger partial charge in [-0.25, -0.2) is 0 Å². The zero-order chi connectivity index (χ0) is 10.9. The average molecular weight is 248 g/mol. The van der Waals surface area contributed by atoms with E-state index in [0.717, 1.165) is 43.5 Å². The van der Waals surface area contributed by atoms with Gasteiger partial charge in [-0.1, -0.05) is 18.5 Å². The normalized spacial score (nSPS) is 10.8. The lowest BCUT2D eigenvalue weighted by atomic mass is 10.3. The number of rotatable bonds is 8. The predicted octanol–water partition coefficient (Wildman–Crippen LogP) is 2.96. The molecule has 2 nitrogen and oxygen atoms in total. The van der Waals surface area contributed by atoms with Gasteiger partial charge in [-0.15, -0.1) is 11.3 Å². The van der Waals surface area contributed by atoms with Crippen molar-refractivity contribution in [3.63, 3.8) is 0 Å². The Hall–Kier alpha value is -0.0900. The summed E-state index contributed by atoms with van der Waals surface area (Å²) < 4.78 is 6.23. The maximum atomic E-state index is 5.84. The Bertz CT molecular complexity index is 265. The van der Waals surface area contributed by atoms with Crippen LogP contribution in [0.25, 0.3) is 0 Å². The van der Waals surface area contributed by atoms with Gasteiger partial charge in [-0.05, 0) is 25.0 Å². The molecular weight excluding hydrogens is 230 g/mol. The molecule has 0 amide bonds. The van der Waals surface area contributed by atoms with Gasteiger partial charge in [0.05, 0.1) is 10.9 Å². The van der Waals surface area contributed by atoms with Crippen LogP contribution >= 0.6 is 22.9 Å². The van der Waals surface area contributed by atoms with Crippen molar-refractivity contribution in [1.82, 2.24) is 5.32 Å². The first kappa shape index (κ1) is 13.0. The van der Waals surface area contributed by atoms with Crippen molar-refractivity contribution in [2.24, 2.45) is 0 Å². The Labute approximate surface area is 101 Å². The Kier molecular flexibility index (Phi) is 7.01. The van der Waals surface area contributed by atoms with E-state index in [1.165, 1.54) is 4.88 Å². The first-order chi connectivity index (χ1) is 7.33. The van der Waals surface area contributed by atoms with Crippen LogP contribution in [0.1, 0.15) is 18.2 Å². The summed E-state index contributed by atoms with van der Waals surface area (Å²) >= 11 is 7.49. The Morgan fingerprint density at radius 3 is 2.87 bits per heavy atom. The van der Waals surface area contributed by atoms with Crippen LogP contribution in [0, 0.1) is 0 Å². The Morgan fingerprint density at radius 2 is 2.20 bits per heavy atom. The van der Waals surface area contributed by atoms with Crippen LogP contribution in [0.4, 0.5) is 0 Å². The molecule has 0 bridgehead atoms. The van der Waals surface area contributed by atoms with Crippen LogP contribution in [0.15, 0.2) is 12.1 Å². The van der Waals surface area contributed by atoms with Crippen molar-refractivity contribution < 1.29 is 4.74 Å². The second-order valence-corrected chi connectivity index (χ2v) is 5.12. The molecule has 15 heavy (non-hydrogen) atoms. The molecule has 0 aromatic carbocycles. The summed E-state index contributed by atoms with van der Waals surface area (Å²) in [4.78, 5) is 1.34. The quantitative estimate of drug-likeness (QED) is 0.714. The first-order valence-corrected chi connectivity index (χ1v) is 6.55. The second kappa shape index (κ2) is 8.11. The minimum atomic E-state index is 0.805. The van der Waals surface area contributed by atoms with Gasteiger partial charge in [0.2, 0.25) is 0 Å². The molecule has 0 aliphatic carbocycles. The molecule has 0 spiro atoms. The van der Waals surface area contributed by atoms with E-state index in [9.17, 15) is 0 Å². The molecule has 0 saturated heterocycles. The Morgan fingerprint density at radius 1 is 1.33 bits per heavy atom. The molecule has 1 aromatic heterocycles. The summed E-state index contributed by atoms with van der Waals surface area (Å²) in [6.07, 6.45) is 2.14. The number of nitrogens with one attached hydrogen (secondary N) is 1.